The average Bonchev–Trinajstić information content (AvgIpc) is 2.95. The van der Waals surface area contributed by atoms with Crippen molar-refractivity contribution in [3.05, 3.63) is 48.3 Å². The first-order chi connectivity index (χ1) is 8.65. The van der Waals surface area contributed by atoms with Crippen molar-refractivity contribution in [1.29, 1.82) is 0 Å². The molecule has 0 saturated carbocycles. The number of fused-ring (bicyclic) bond motifs is 1. The maximum atomic E-state index is 12.2. The lowest BCUT2D eigenvalue weighted by Gasteiger charge is -2.01. The summed E-state index contributed by atoms with van der Waals surface area (Å²) >= 11 is 0. The number of carbonyl (C=O) groups is 1. The van der Waals surface area contributed by atoms with Crippen LogP contribution in [0.15, 0.2) is 37.1 Å². The molecular formula is C12H11N5O. The molecular weight excluding hydrogens is 230 g/mol. The SMILES string of the molecule is Cc1nn(C(=O)c2ccn3cncc3c2)cc1N. The van der Waals surface area contributed by atoms with Crippen LogP contribution in [0.3, 0.4) is 0 Å². The van der Waals surface area contributed by atoms with Crippen molar-refractivity contribution < 1.29 is 4.79 Å². The Morgan fingerprint density at radius 2 is 2.28 bits per heavy atom. The summed E-state index contributed by atoms with van der Waals surface area (Å²) in [5.74, 6) is -0.210. The van der Waals surface area contributed by atoms with Crippen LogP contribution < -0.4 is 5.73 Å². The lowest BCUT2D eigenvalue weighted by atomic mass is 10.2. The van der Waals surface area contributed by atoms with Crippen molar-refractivity contribution in [3.63, 3.8) is 0 Å². The van der Waals surface area contributed by atoms with Crippen LogP contribution in [-0.2, 0) is 0 Å². The Hall–Kier alpha value is -2.63. The molecule has 18 heavy (non-hydrogen) atoms. The van der Waals surface area contributed by atoms with Crippen LogP contribution in [0, 0.1) is 6.92 Å². The molecule has 0 aliphatic heterocycles. The van der Waals surface area contributed by atoms with Crippen LogP contribution in [-0.4, -0.2) is 25.1 Å². The largest absolute Gasteiger partial charge is 0.396 e. The summed E-state index contributed by atoms with van der Waals surface area (Å²) in [6.45, 7) is 1.76. The summed E-state index contributed by atoms with van der Waals surface area (Å²) in [6, 6.07) is 3.49. The van der Waals surface area contributed by atoms with E-state index in [0.717, 1.165) is 5.52 Å². The lowest BCUT2D eigenvalue weighted by Crippen LogP contribution is -2.12. The number of anilines is 1. The zero-order valence-electron chi connectivity index (χ0n) is 9.74. The van der Waals surface area contributed by atoms with Gasteiger partial charge in [-0.15, -0.1) is 0 Å². The predicted octanol–water partition coefficient (Wildman–Crippen LogP) is 1.11. The fourth-order valence-electron chi connectivity index (χ4n) is 1.76. The smallest absolute Gasteiger partial charge is 0.278 e. The number of pyridine rings is 1. The quantitative estimate of drug-likeness (QED) is 0.692. The van der Waals surface area contributed by atoms with E-state index in [9.17, 15) is 4.79 Å². The van der Waals surface area contributed by atoms with Crippen molar-refractivity contribution in [3.8, 4) is 0 Å². The van der Waals surface area contributed by atoms with Gasteiger partial charge in [0.25, 0.3) is 5.91 Å². The molecule has 6 nitrogen and oxygen atoms in total. The Morgan fingerprint density at radius 3 is 3.00 bits per heavy atom. The van der Waals surface area contributed by atoms with E-state index in [1.807, 2.05) is 4.40 Å². The molecule has 6 heteroatoms. The minimum absolute atomic E-state index is 0.210. The van der Waals surface area contributed by atoms with Gasteiger partial charge in [-0.05, 0) is 19.1 Å². The van der Waals surface area contributed by atoms with Gasteiger partial charge in [-0.3, -0.25) is 4.79 Å². The van der Waals surface area contributed by atoms with Gasteiger partial charge in [-0.25, -0.2) is 9.67 Å². The van der Waals surface area contributed by atoms with E-state index in [1.54, 1.807) is 37.8 Å². The predicted molar refractivity (Wildman–Crippen MR) is 66.3 cm³/mol. The van der Waals surface area contributed by atoms with Gasteiger partial charge in [0.15, 0.2) is 0 Å². The summed E-state index contributed by atoms with van der Waals surface area (Å²) in [5, 5.41) is 4.07. The third-order valence-corrected chi connectivity index (χ3v) is 2.81. The monoisotopic (exact) mass is 241 g/mol. The van der Waals surface area contributed by atoms with E-state index in [-0.39, 0.29) is 5.91 Å². The molecule has 0 fully saturated rings. The third-order valence-electron chi connectivity index (χ3n) is 2.81. The van der Waals surface area contributed by atoms with E-state index in [1.165, 1.54) is 10.9 Å². The highest BCUT2D eigenvalue weighted by Crippen LogP contribution is 2.11. The maximum absolute atomic E-state index is 12.2. The lowest BCUT2D eigenvalue weighted by molar-refractivity contribution is 0.0944. The molecule has 3 aromatic heterocycles. The van der Waals surface area contributed by atoms with Crippen molar-refractivity contribution in [2.45, 2.75) is 6.92 Å². The number of imidazole rings is 1. The molecule has 0 aromatic carbocycles. The number of aryl methyl sites for hydroxylation is 1. The van der Waals surface area contributed by atoms with Crippen molar-refractivity contribution in [1.82, 2.24) is 19.2 Å². The van der Waals surface area contributed by atoms with Gasteiger partial charge in [0.05, 0.1) is 35.6 Å². The van der Waals surface area contributed by atoms with E-state index < -0.39 is 0 Å². The number of rotatable bonds is 1. The molecule has 3 heterocycles. The molecule has 3 aromatic rings. The topological polar surface area (TPSA) is 78.2 Å². The summed E-state index contributed by atoms with van der Waals surface area (Å²) in [6.07, 6.45) is 6.69. The number of hydrogen-bond donors (Lipinski definition) is 1. The molecule has 0 saturated heterocycles. The normalized spacial score (nSPS) is 10.9. The molecule has 0 bridgehead atoms. The highest BCUT2D eigenvalue weighted by molar-refractivity contribution is 5.96. The molecule has 0 aliphatic carbocycles. The van der Waals surface area contributed by atoms with Crippen molar-refractivity contribution >= 4 is 17.1 Å². The fourth-order valence-corrected chi connectivity index (χ4v) is 1.76. The second-order valence-corrected chi connectivity index (χ2v) is 4.06. The van der Waals surface area contributed by atoms with E-state index in [0.29, 0.717) is 16.9 Å². The van der Waals surface area contributed by atoms with Crippen LogP contribution in [0.1, 0.15) is 16.1 Å². The second-order valence-electron chi connectivity index (χ2n) is 4.06. The number of carbonyl (C=O) groups excluding carboxylic acids is 1. The van der Waals surface area contributed by atoms with E-state index in [2.05, 4.69) is 10.1 Å². The summed E-state index contributed by atoms with van der Waals surface area (Å²) in [5.41, 5.74) is 8.24. The molecule has 90 valence electrons. The van der Waals surface area contributed by atoms with Crippen molar-refractivity contribution in [2.24, 2.45) is 0 Å². The molecule has 2 N–H and O–H groups in total. The number of hydrogen-bond acceptors (Lipinski definition) is 4. The number of nitrogens with zero attached hydrogens (tertiary/aromatic N) is 4. The summed E-state index contributed by atoms with van der Waals surface area (Å²) in [4.78, 5) is 16.2. The number of nitrogens with two attached hydrogens (primary N) is 1. The molecule has 3 rings (SSSR count). The van der Waals surface area contributed by atoms with Crippen LogP contribution >= 0.6 is 0 Å². The first-order valence-corrected chi connectivity index (χ1v) is 5.43. The summed E-state index contributed by atoms with van der Waals surface area (Å²) < 4.78 is 3.09. The van der Waals surface area contributed by atoms with Gasteiger partial charge in [-0.1, -0.05) is 0 Å². The molecule has 0 unspecified atom stereocenters. The second kappa shape index (κ2) is 3.69. The first-order valence-electron chi connectivity index (χ1n) is 5.43. The van der Waals surface area contributed by atoms with Crippen LogP contribution in [0.4, 0.5) is 5.69 Å². The Kier molecular flexibility index (Phi) is 2.16. The number of nitrogen functional groups attached to an aromatic ring is 1. The van der Waals surface area contributed by atoms with E-state index in [4.69, 9.17) is 5.73 Å². The first kappa shape index (κ1) is 10.5. The van der Waals surface area contributed by atoms with Crippen LogP contribution in [0.2, 0.25) is 0 Å². The standard InChI is InChI=1S/C12H11N5O/c1-8-11(13)6-17(15-8)12(18)9-2-3-16-7-14-5-10(16)4-9/h2-7H,13H2,1H3. The Balaban J connectivity index is 2.05. The zero-order valence-corrected chi connectivity index (χ0v) is 9.74. The Morgan fingerprint density at radius 1 is 1.44 bits per heavy atom. The summed E-state index contributed by atoms with van der Waals surface area (Å²) in [7, 11) is 0. The molecule has 0 radical (unpaired) electrons. The van der Waals surface area contributed by atoms with Crippen molar-refractivity contribution in [2.75, 3.05) is 5.73 Å². The minimum atomic E-state index is -0.210. The zero-order chi connectivity index (χ0) is 12.7. The Labute approximate surface area is 103 Å². The fraction of sp³-hybridized carbons (Fsp3) is 0.0833. The van der Waals surface area contributed by atoms with Gasteiger partial charge in [0.2, 0.25) is 0 Å². The van der Waals surface area contributed by atoms with Gasteiger partial charge in [0, 0.05) is 11.8 Å². The van der Waals surface area contributed by atoms with Gasteiger partial charge >= 0.3 is 0 Å². The van der Waals surface area contributed by atoms with Gasteiger partial charge in [0.1, 0.15) is 0 Å². The maximum Gasteiger partial charge on any atom is 0.278 e. The molecule has 0 aliphatic rings. The van der Waals surface area contributed by atoms with Crippen LogP contribution in [0.5, 0.6) is 0 Å². The van der Waals surface area contributed by atoms with Gasteiger partial charge < -0.3 is 10.1 Å². The average molecular weight is 241 g/mol. The van der Waals surface area contributed by atoms with Gasteiger partial charge in [-0.2, -0.15) is 5.10 Å². The Bertz CT molecular complexity index is 720. The molecule has 0 amide bonds. The molecule has 0 atom stereocenters. The highest BCUT2D eigenvalue weighted by atomic mass is 16.2. The molecule has 0 spiro atoms. The number of aromatic nitrogens is 4. The highest BCUT2D eigenvalue weighted by Gasteiger charge is 2.12. The minimum Gasteiger partial charge on any atom is -0.396 e. The van der Waals surface area contributed by atoms with Crippen LogP contribution in [0.25, 0.3) is 5.52 Å². The third kappa shape index (κ3) is 1.55. The van der Waals surface area contributed by atoms with E-state index >= 15 is 0 Å².